The number of nitrogens with zero attached hydrogens (tertiary/aromatic N) is 4. The predicted octanol–water partition coefficient (Wildman–Crippen LogP) is 3.75. The second-order valence-electron chi connectivity index (χ2n) is 7.78. The number of ether oxygens (including phenoxy) is 1. The summed E-state index contributed by atoms with van der Waals surface area (Å²) in [5, 5.41) is 4.29. The summed E-state index contributed by atoms with van der Waals surface area (Å²) in [4.78, 5) is 19.0. The number of hydrogen-bond acceptors (Lipinski definition) is 5. The summed E-state index contributed by atoms with van der Waals surface area (Å²) >= 11 is 0. The molecule has 6 heteroatoms. The molecule has 0 spiro atoms. The second-order valence-corrected chi connectivity index (χ2v) is 7.78. The quantitative estimate of drug-likeness (QED) is 0.573. The van der Waals surface area contributed by atoms with Crippen LogP contribution >= 0.6 is 0 Å². The first-order valence-electron chi connectivity index (χ1n) is 10.5. The molecule has 3 heterocycles. The van der Waals surface area contributed by atoms with E-state index in [4.69, 9.17) is 4.74 Å². The number of benzene rings is 1. The normalized spacial score (nSPS) is 17.5. The fraction of sp³-hybridized carbons (Fsp3) is 0.435. The molecule has 1 aromatic carbocycles. The topological polar surface area (TPSA) is 59.7 Å². The van der Waals surface area contributed by atoms with Crippen LogP contribution in [-0.4, -0.2) is 45.2 Å². The number of fused-ring (bicyclic) bond motifs is 1. The van der Waals surface area contributed by atoms with E-state index in [0.29, 0.717) is 17.8 Å². The molecule has 3 aromatic rings. The van der Waals surface area contributed by atoms with Gasteiger partial charge in [0.1, 0.15) is 5.56 Å². The average molecular weight is 393 g/mol. The SMILES string of the molecule is CCOC(=O)c1cnn2cc(CN3CCCC(CCc4ccccc4)C3)cnc12. The Balaban J connectivity index is 1.37. The number of likely N-dealkylation sites (tertiary alicyclic amines) is 1. The van der Waals surface area contributed by atoms with Crippen molar-refractivity contribution in [3.63, 3.8) is 0 Å². The Kier molecular flexibility index (Phi) is 6.20. The van der Waals surface area contributed by atoms with E-state index in [1.807, 2.05) is 12.4 Å². The zero-order chi connectivity index (χ0) is 20.1. The van der Waals surface area contributed by atoms with Crippen LogP contribution in [-0.2, 0) is 17.7 Å². The predicted molar refractivity (Wildman–Crippen MR) is 112 cm³/mol. The lowest BCUT2D eigenvalue weighted by molar-refractivity contribution is 0.0528. The number of aromatic nitrogens is 3. The van der Waals surface area contributed by atoms with E-state index in [1.54, 1.807) is 11.4 Å². The van der Waals surface area contributed by atoms with Crippen LogP contribution in [0.2, 0.25) is 0 Å². The van der Waals surface area contributed by atoms with Gasteiger partial charge in [0.2, 0.25) is 0 Å². The van der Waals surface area contributed by atoms with Crippen molar-refractivity contribution in [1.82, 2.24) is 19.5 Å². The van der Waals surface area contributed by atoms with Crippen molar-refractivity contribution in [2.45, 2.75) is 39.2 Å². The van der Waals surface area contributed by atoms with Crippen LogP contribution in [0.3, 0.4) is 0 Å². The largest absolute Gasteiger partial charge is 0.462 e. The molecule has 0 aliphatic carbocycles. The fourth-order valence-corrected chi connectivity index (χ4v) is 4.15. The van der Waals surface area contributed by atoms with Crippen LogP contribution in [0.25, 0.3) is 5.65 Å². The number of carbonyl (C=O) groups is 1. The van der Waals surface area contributed by atoms with Gasteiger partial charge >= 0.3 is 5.97 Å². The van der Waals surface area contributed by atoms with Crippen molar-refractivity contribution in [3.05, 3.63) is 65.6 Å². The molecular formula is C23H28N4O2. The summed E-state index contributed by atoms with van der Waals surface area (Å²) in [6.07, 6.45) is 10.3. The van der Waals surface area contributed by atoms with E-state index in [1.165, 1.54) is 31.0 Å². The van der Waals surface area contributed by atoms with Gasteiger partial charge in [-0.3, -0.25) is 4.90 Å². The van der Waals surface area contributed by atoms with E-state index in [2.05, 4.69) is 45.3 Å². The maximum atomic E-state index is 12.0. The van der Waals surface area contributed by atoms with Gasteiger partial charge in [0.05, 0.1) is 12.8 Å². The zero-order valence-electron chi connectivity index (χ0n) is 17.0. The first-order chi connectivity index (χ1) is 14.2. The Morgan fingerprint density at radius 2 is 2.07 bits per heavy atom. The van der Waals surface area contributed by atoms with Crippen molar-refractivity contribution in [1.29, 1.82) is 0 Å². The third-order valence-corrected chi connectivity index (χ3v) is 5.60. The smallest absolute Gasteiger partial charge is 0.343 e. The van der Waals surface area contributed by atoms with Crippen molar-refractivity contribution < 1.29 is 9.53 Å². The monoisotopic (exact) mass is 392 g/mol. The third-order valence-electron chi connectivity index (χ3n) is 5.60. The molecule has 4 rings (SSSR count). The minimum atomic E-state index is -0.375. The van der Waals surface area contributed by atoms with Gasteiger partial charge in [0.25, 0.3) is 0 Å². The number of esters is 1. The third kappa shape index (κ3) is 4.82. The molecule has 1 fully saturated rings. The van der Waals surface area contributed by atoms with E-state index < -0.39 is 0 Å². The highest BCUT2D eigenvalue weighted by Crippen LogP contribution is 2.23. The summed E-state index contributed by atoms with van der Waals surface area (Å²) in [6, 6.07) is 10.8. The number of aryl methyl sites for hydroxylation is 1. The summed E-state index contributed by atoms with van der Waals surface area (Å²) in [6.45, 7) is 5.24. The van der Waals surface area contributed by atoms with E-state index >= 15 is 0 Å². The van der Waals surface area contributed by atoms with Crippen LogP contribution < -0.4 is 0 Å². The van der Waals surface area contributed by atoms with Crippen molar-refractivity contribution >= 4 is 11.6 Å². The van der Waals surface area contributed by atoms with Crippen LogP contribution in [0.1, 0.15) is 47.7 Å². The van der Waals surface area contributed by atoms with Crippen LogP contribution in [0, 0.1) is 5.92 Å². The fourth-order valence-electron chi connectivity index (χ4n) is 4.15. The van der Waals surface area contributed by atoms with Gasteiger partial charge in [0.15, 0.2) is 5.65 Å². The molecule has 2 aromatic heterocycles. The van der Waals surface area contributed by atoms with E-state index in [0.717, 1.165) is 37.5 Å². The lowest BCUT2D eigenvalue weighted by atomic mass is 9.91. The molecule has 0 amide bonds. The molecule has 0 N–H and O–H groups in total. The highest BCUT2D eigenvalue weighted by atomic mass is 16.5. The number of piperidine rings is 1. The van der Waals surface area contributed by atoms with Crippen molar-refractivity contribution in [3.8, 4) is 0 Å². The number of rotatable bonds is 7. The molecule has 1 atom stereocenters. The van der Waals surface area contributed by atoms with Gasteiger partial charge in [-0.2, -0.15) is 5.10 Å². The lowest BCUT2D eigenvalue weighted by Crippen LogP contribution is -2.35. The molecule has 0 saturated carbocycles. The first kappa shape index (κ1) is 19.6. The van der Waals surface area contributed by atoms with Crippen LogP contribution in [0.15, 0.2) is 48.9 Å². The number of hydrogen-bond donors (Lipinski definition) is 0. The van der Waals surface area contributed by atoms with Crippen LogP contribution in [0.5, 0.6) is 0 Å². The summed E-state index contributed by atoms with van der Waals surface area (Å²) in [7, 11) is 0. The molecule has 6 nitrogen and oxygen atoms in total. The highest BCUT2D eigenvalue weighted by molar-refractivity contribution is 5.95. The standard InChI is InChI=1S/C23H28N4O2/c1-2-29-23(28)21-14-25-27-17-20(13-24-22(21)27)16-26-12-6-9-19(15-26)11-10-18-7-4-3-5-8-18/h3-5,7-8,13-14,17,19H,2,6,9-12,15-16H2,1H3. The minimum Gasteiger partial charge on any atom is -0.462 e. The first-order valence-corrected chi connectivity index (χ1v) is 10.5. The molecule has 0 bridgehead atoms. The van der Waals surface area contributed by atoms with Crippen molar-refractivity contribution in [2.24, 2.45) is 5.92 Å². The highest BCUT2D eigenvalue weighted by Gasteiger charge is 2.21. The zero-order valence-corrected chi connectivity index (χ0v) is 17.0. The Morgan fingerprint density at radius 3 is 2.90 bits per heavy atom. The molecular weight excluding hydrogens is 364 g/mol. The molecule has 1 saturated heterocycles. The maximum Gasteiger partial charge on any atom is 0.343 e. The molecule has 1 aliphatic rings. The minimum absolute atomic E-state index is 0.342. The Morgan fingerprint density at radius 1 is 1.21 bits per heavy atom. The van der Waals surface area contributed by atoms with Gasteiger partial charge in [-0.25, -0.2) is 14.3 Å². The van der Waals surface area contributed by atoms with E-state index in [9.17, 15) is 4.79 Å². The van der Waals surface area contributed by atoms with Gasteiger partial charge in [-0.05, 0) is 50.6 Å². The Hall–Kier alpha value is -2.73. The van der Waals surface area contributed by atoms with Gasteiger partial charge < -0.3 is 4.74 Å². The van der Waals surface area contributed by atoms with Gasteiger partial charge in [-0.1, -0.05) is 30.3 Å². The Labute approximate surface area is 171 Å². The maximum absolute atomic E-state index is 12.0. The lowest BCUT2D eigenvalue weighted by Gasteiger charge is -2.32. The average Bonchev–Trinajstić information content (AvgIpc) is 3.17. The Bertz CT molecular complexity index is 954. The van der Waals surface area contributed by atoms with E-state index in [-0.39, 0.29) is 5.97 Å². The van der Waals surface area contributed by atoms with Crippen molar-refractivity contribution in [2.75, 3.05) is 19.7 Å². The second kappa shape index (κ2) is 9.18. The molecule has 0 radical (unpaired) electrons. The molecule has 1 aliphatic heterocycles. The van der Waals surface area contributed by atoms with Gasteiger partial charge in [-0.15, -0.1) is 0 Å². The summed E-state index contributed by atoms with van der Waals surface area (Å²) in [5.74, 6) is 0.362. The van der Waals surface area contributed by atoms with Gasteiger partial charge in [0, 0.05) is 31.0 Å². The molecule has 152 valence electrons. The molecule has 1 unspecified atom stereocenters. The summed E-state index contributed by atoms with van der Waals surface area (Å²) < 4.78 is 6.75. The summed E-state index contributed by atoms with van der Waals surface area (Å²) in [5.41, 5.74) is 3.50. The number of carbonyl (C=O) groups excluding carboxylic acids is 1. The molecule has 29 heavy (non-hydrogen) atoms. The van der Waals surface area contributed by atoms with Crippen LogP contribution in [0.4, 0.5) is 0 Å².